The van der Waals surface area contributed by atoms with Crippen molar-refractivity contribution in [1.29, 1.82) is 0 Å². The Morgan fingerprint density at radius 3 is 2.89 bits per heavy atom. The van der Waals surface area contributed by atoms with E-state index in [0.29, 0.717) is 17.9 Å². The average Bonchev–Trinajstić information content (AvgIpc) is 2.92. The van der Waals surface area contributed by atoms with Crippen LogP contribution in [-0.4, -0.2) is 28.2 Å². The van der Waals surface area contributed by atoms with Gasteiger partial charge in [-0.15, -0.1) is 0 Å². The molecule has 5 nitrogen and oxygen atoms in total. The Morgan fingerprint density at radius 2 is 2.32 bits per heavy atom. The number of carbonyl (C=O) groups is 1. The van der Waals surface area contributed by atoms with Gasteiger partial charge >= 0.3 is 0 Å². The number of rotatable bonds is 4. The summed E-state index contributed by atoms with van der Waals surface area (Å²) in [4.78, 5) is 12.2. The van der Waals surface area contributed by atoms with Crippen molar-refractivity contribution in [3.63, 3.8) is 0 Å². The molecule has 2 atom stereocenters. The van der Waals surface area contributed by atoms with E-state index in [1.807, 2.05) is 18.4 Å². The average molecular weight is 265 g/mol. The lowest BCUT2D eigenvalue weighted by molar-refractivity contribution is 0.0906. The molecule has 0 spiro atoms. The van der Waals surface area contributed by atoms with Crippen LogP contribution in [0.4, 0.5) is 5.69 Å². The summed E-state index contributed by atoms with van der Waals surface area (Å²) in [5.41, 5.74) is 6.93. The number of nitrogens with one attached hydrogen (secondary N) is 1. The van der Waals surface area contributed by atoms with Crippen molar-refractivity contribution in [2.45, 2.75) is 45.3 Å². The van der Waals surface area contributed by atoms with Crippen molar-refractivity contribution >= 4 is 11.6 Å². The van der Waals surface area contributed by atoms with Crippen molar-refractivity contribution < 1.29 is 9.90 Å². The van der Waals surface area contributed by atoms with Gasteiger partial charge in [0.25, 0.3) is 5.91 Å². The van der Waals surface area contributed by atoms with Crippen LogP contribution in [0.25, 0.3) is 0 Å². The van der Waals surface area contributed by atoms with Crippen molar-refractivity contribution in [3.8, 4) is 0 Å². The van der Waals surface area contributed by atoms with Gasteiger partial charge in [0.2, 0.25) is 0 Å². The van der Waals surface area contributed by atoms with Gasteiger partial charge in [-0.05, 0) is 32.8 Å². The van der Waals surface area contributed by atoms with Crippen LogP contribution >= 0.6 is 0 Å². The van der Waals surface area contributed by atoms with Crippen LogP contribution in [0.15, 0.2) is 12.3 Å². The zero-order valence-electron chi connectivity index (χ0n) is 11.6. The third-order valence-corrected chi connectivity index (χ3v) is 3.80. The van der Waals surface area contributed by atoms with Crippen molar-refractivity contribution in [3.05, 3.63) is 18.0 Å². The number of aliphatic hydroxyl groups excluding tert-OH is 1. The molecule has 4 N–H and O–H groups in total. The number of aliphatic hydroxyl groups is 1. The van der Waals surface area contributed by atoms with Gasteiger partial charge in [0.05, 0.1) is 11.8 Å². The van der Waals surface area contributed by atoms with Gasteiger partial charge in [0, 0.05) is 24.7 Å². The van der Waals surface area contributed by atoms with E-state index in [0.717, 1.165) is 19.3 Å². The molecular weight excluding hydrogens is 242 g/mol. The summed E-state index contributed by atoms with van der Waals surface area (Å²) in [6, 6.07) is 1.88. The van der Waals surface area contributed by atoms with Crippen LogP contribution in [0.2, 0.25) is 0 Å². The first-order valence-electron chi connectivity index (χ1n) is 6.92. The highest BCUT2D eigenvalue weighted by Crippen LogP contribution is 2.25. The second-order valence-electron chi connectivity index (χ2n) is 5.63. The molecule has 106 valence electrons. The predicted octanol–water partition coefficient (Wildman–Crippen LogP) is 1.54. The van der Waals surface area contributed by atoms with Gasteiger partial charge in [-0.2, -0.15) is 0 Å². The zero-order valence-corrected chi connectivity index (χ0v) is 11.6. The third-order valence-electron chi connectivity index (χ3n) is 3.80. The second kappa shape index (κ2) is 5.65. The maximum atomic E-state index is 12.2. The molecule has 1 amide bonds. The Labute approximate surface area is 113 Å². The molecule has 1 fully saturated rings. The smallest absolute Gasteiger partial charge is 0.268 e. The lowest BCUT2D eigenvalue weighted by Crippen LogP contribution is -2.33. The standard InChI is InChI=1S/C14H23N3O2/c1-9(2)17-8-11(15)6-12(17)14(19)16-7-10-4-3-5-13(10)18/h6,8-10,13,18H,3-5,7,15H2,1-2H3,(H,16,19). The van der Waals surface area contributed by atoms with E-state index in [2.05, 4.69) is 5.32 Å². The number of nitrogens with two attached hydrogens (primary N) is 1. The maximum absolute atomic E-state index is 12.2. The van der Waals surface area contributed by atoms with Crippen LogP contribution in [0.1, 0.15) is 49.6 Å². The number of nitrogens with zero attached hydrogens (tertiary/aromatic N) is 1. The quantitative estimate of drug-likeness (QED) is 0.772. The summed E-state index contributed by atoms with van der Waals surface area (Å²) in [5.74, 6) is 0.0632. The molecule has 0 radical (unpaired) electrons. The lowest BCUT2D eigenvalue weighted by Gasteiger charge is -2.16. The Balaban J connectivity index is 1.99. The summed E-state index contributed by atoms with van der Waals surface area (Å²) >= 11 is 0. The number of amides is 1. The van der Waals surface area contributed by atoms with Crippen LogP contribution in [0.5, 0.6) is 0 Å². The Hall–Kier alpha value is -1.49. The van der Waals surface area contributed by atoms with E-state index in [-0.39, 0.29) is 24.0 Å². The fourth-order valence-electron chi connectivity index (χ4n) is 2.68. The van der Waals surface area contributed by atoms with Crippen LogP contribution in [0.3, 0.4) is 0 Å². The largest absolute Gasteiger partial charge is 0.397 e. The first kappa shape index (κ1) is 13.9. The van der Waals surface area contributed by atoms with Crippen molar-refractivity contribution in [2.24, 2.45) is 5.92 Å². The van der Waals surface area contributed by atoms with E-state index in [4.69, 9.17) is 5.73 Å². The van der Waals surface area contributed by atoms with E-state index < -0.39 is 0 Å². The molecule has 1 aromatic rings. The molecule has 0 saturated heterocycles. The first-order chi connectivity index (χ1) is 8.99. The lowest BCUT2D eigenvalue weighted by atomic mass is 10.1. The van der Waals surface area contributed by atoms with E-state index in [9.17, 15) is 9.90 Å². The molecular formula is C14H23N3O2. The number of anilines is 1. The van der Waals surface area contributed by atoms with Gasteiger partial charge in [-0.25, -0.2) is 0 Å². The molecule has 1 heterocycles. The molecule has 1 aliphatic carbocycles. The second-order valence-corrected chi connectivity index (χ2v) is 5.63. The van der Waals surface area contributed by atoms with Crippen molar-refractivity contribution in [1.82, 2.24) is 9.88 Å². The van der Waals surface area contributed by atoms with Gasteiger partial charge in [-0.3, -0.25) is 4.79 Å². The van der Waals surface area contributed by atoms with Gasteiger partial charge in [-0.1, -0.05) is 6.42 Å². The highest BCUT2D eigenvalue weighted by molar-refractivity contribution is 5.93. The highest BCUT2D eigenvalue weighted by atomic mass is 16.3. The number of carbonyl (C=O) groups excluding carboxylic acids is 1. The molecule has 2 rings (SSSR count). The number of nitrogen functional groups attached to an aromatic ring is 1. The minimum absolute atomic E-state index is 0.121. The van der Waals surface area contributed by atoms with E-state index in [1.54, 1.807) is 12.3 Å². The van der Waals surface area contributed by atoms with Crippen LogP contribution in [0, 0.1) is 5.92 Å². The topological polar surface area (TPSA) is 80.3 Å². The fraction of sp³-hybridized carbons (Fsp3) is 0.643. The summed E-state index contributed by atoms with van der Waals surface area (Å²) in [7, 11) is 0. The SMILES string of the molecule is CC(C)n1cc(N)cc1C(=O)NCC1CCCC1O. The van der Waals surface area contributed by atoms with Crippen LogP contribution in [-0.2, 0) is 0 Å². The fourth-order valence-corrected chi connectivity index (χ4v) is 2.68. The Kier molecular flexibility index (Phi) is 4.14. The van der Waals surface area contributed by atoms with E-state index in [1.165, 1.54) is 0 Å². The van der Waals surface area contributed by atoms with Crippen LogP contribution < -0.4 is 11.1 Å². The molecule has 1 saturated carbocycles. The number of hydrogen-bond acceptors (Lipinski definition) is 3. The Bertz CT molecular complexity index is 454. The Morgan fingerprint density at radius 1 is 1.58 bits per heavy atom. The molecule has 0 aliphatic heterocycles. The molecule has 0 bridgehead atoms. The minimum Gasteiger partial charge on any atom is -0.397 e. The zero-order chi connectivity index (χ0) is 14.0. The maximum Gasteiger partial charge on any atom is 0.268 e. The molecule has 2 unspecified atom stereocenters. The van der Waals surface area contributed by atoms with Crippen molar-refractivity contribution in [2.75, 3.05) is 12.3 Å². The number of hydrogen-bond donors (Lipinski definition) is 3. The first-order valence-corrected chi connectivity index (χ1v) is 6.92. The summed E-state index contributed by atoms with van der Waals surface area (Å²) in [6.45, 7) is 4.55. The van der Waals surface area contributed by atoms with E-state index >= 15 is 0 Å². The monoisotopic (exact) mass is 265 g/mol. The normalized spacial score (nSPS) is 22.9. The number of aromatic nitrogens is 1. The molecule has 1 aromatic heterocycles. The highest BCUT2D eigenvalue weighted by Gasteiger charge is 2.26. The van der Waals surface area contributed by atoms with Gasteiger partial charge in [0.15, 0.2) is 0 Å². The molecule has 0 aromatic carbocycles. The predicted molar refractivity (Wildman–Crippen MR) is 74.9 cm³/mol. The van der Waals surface area contributed by atoms with Gasteiger partial charge < -0.3 is 20.7 Å². The third kappa shape index (κ3) is 3.10. The minimum atomic E-state index is -0.276. The summed E-state index contributed by atoms with van der Waals surface area (Å²) in [6.07, 6.45) is 4.37. The summed E-state index contributed by atoms with van der Waals surface area (Å²) in [5, 5.41) is 12.6. The molecule has 19 heavy (non-hydrogen) atoms. The molecule has 5 heteroatoms. The van der Waals surface area contributed by atoms with Gasteiger partial charge in [0.1, 0.15) is 5.69 Å². The summed E-state index contributed by atoms with van der Waals surface area (Å²) < 4.78 is 1.87. The molecule has 1 aliphatic rings.